The van der Waals surface area contributed by atoms with Crippen LogP contribution in [0.2, 0.25) is 0 Å². The Balaban J connectivity index is 2.14. The van der Waals surface area contributed by atoms with Crippen molar-refractivity contribution in [2.45, 2.75) is 26.8 Å². The summed E-state index contributed by atoms with van der Waals surface area (Å²) in [5.74, 6) is -1.08. The zero-order valence-corrected chi connectivity index (χ0v) is 15.1. The van der Waals surface area contributed by atoms with Crippen molar-refractivity contribution in [3.63, 3.8) is 0 Å². The number of aryl methyl sites for hydroxylation is 2. The van der Waals surface area contributed by atoms with Crippen LogP contribution in [-0.4, -0.2) is 36.0 Å². The van der Waals surface area contributed by atoms with Crippen LogP contribution in [0.25, 0.3) is 0 Å². The van der Waals surface area contributed by atoms with Gasteiger partial charge in [-0.05, 0) is 62.8 Å². The summed E-state index contributed by atoms with van der Waals surface area (Å²) in [6.07, 6.45) is 0.209. The highest BCUT2D eigenvalue weighted by molar-refractivity contribution is 5.93. The molecule has 0 aromatic heterocycles. The molecule has 0 heterocycles. The van der Waals surface area contributed by atoms with Crippen molar-refractivity contribution in [3.05, 3.63) is 64.2 Å². The molecule has 0 aliphatic rings. The average molecular weight is 340 g/mol. The van der Waals surface area contributed by atoms with Gasteiger partial charge in [-0.3, -0.25) is 4.79 Å². The van der Waals surface area contributed by atoms with Crippen molar-refractivity contribution in [2.75, 3.05) is 19.4 Å². The van der Waals surface area contributed by atoms with Crippen molar-refractivity contribution in [1.82, 2.24) is 4.90 Å². The lowest BCUT2D eigenvalue weighted by Gasteiger charge is -2.16. The van der Waals surface area contributed by atoms with Crippen molar-refractivity contribution in [1.29, 1.82) is 0 Å². The van der Waals surface area contributed by atoms with Crippen LogP contribution in [0.3, 0.4) is 0 Å². The van der Waals surface area contributed by atoms with Gasteiger partial charge in [-0.2, -0.15) is 0 Å². The Morgan fingerprint density at radius 1 is 1.04 bits per heavy atom. The molecule has 0 radical (unpaired) electrons. The topological polar surface area (TPSA) is 69.6 Å². The third-order valence-electron chi connectivity index (χ3n) is 3.96. The normalized spacial score (nSPS) is 10.8. The SMILES string of the molecule is Cc1ccc(NC(=O)Cc2ccc(C(=O)O)cc2C)c(CN(C)C)c1. The van der Waals surface area contributed by atoms with Crippen LogP contribution in [0.5, 0.6) is 0 Å². The van der Waals surface area contributed by atoms with E-state index in [1.165, 1.54) is 6.07 Å². The lowest BCUT2D eigenvalue weighted by atomic mass is 10.0. The summed E-state index contributed by atoms with van der Waals surface area (Å²) in [5.41, 5.74) is 4.88. The minimum absolute atomic E-state index is 0.116. The Kier molecular flexibility index (Phi) is 5.93. The van der Waals surface area contributed by atoms with Crippen LogP contribution >= 0.6 is 0 Å². The number of carbonyl (C=O) groups is 2. The molecule has 2 aromatic rings. The molecule has 5 nitrogen and oxygen atoms in total. The number of carboxylic acids is 1. The van der Waals surface area contributed by atoms with E-state index in [1.54, 1.807) is 12.1 Å². The Morgan fingerprint density at radius 2 is 1.76 bits per heavy atom. The molecule has 0 aliphatic heterocycles. The number of anilines is 1. The van der Waals surface area contributed by atoms with Crippen LogP contribution in [0.4, 0.5) is 5.69 Å². The molecule has 0 fully saturated rings. The van der Waals surface area contributed by atoms with E-state index in [9.17, 15) is 9.59 Å². The highest BCUT2D eigenvalue weighted by Gasteiger charge is 2.12. The summed E-state index contributed by atoms with van der Waals surface area (Å²) in [4.78, 5) is 25.5. The van der Waals surface area contributed by atoms with Crippen LogP contribution in [0, 0.1) is 13.8 Å². The molecule has 5 heteroatoms. The number of hydrogen-bond donors (Lipinski definition) is 2. The van der Waals surface area contributed by atoms with Gasteiger partial charge in [-0.1, -0.05) is 23.8 Å². The van der Waals surface area contributed by atoms with Gasteiger partial charge in [0.05, 0.1) is 12.0 Å². The van der Waals surface area contributed by atoms with Gasteiger partial charge >= 0.3 is 5.97 Å². The predicted octanol–water partition coefficient (Wildman–Crippen LogP) is 3.24. The molecule has 0 atom stereocenters. The van der Waals surface area contributed by atoms with Crippen molar-refractivity contribution in [2.24, 2.45) is 0 Å². The molecule has 2 rings (SSSR count). The maximum absolute atomic E-state index is 12.4. The molecule has 2 aromatic carbocycles. The van der Waals surface area contributed by atoms with Crippen molar-refractivity contribution in [3.8, 4) is 0 Å². The minimum Gasteiger partial charge on any atom is -0.478 e. The fourth-order valence-corrected chi connectivity index (χ4v) is 2.71. The summed E-state index contributed by atoms with van der Waals surface area (Å²) in [7, 11) is 3.97. The van der Waals surface area contributed by atoms with E-state index >= 15 is 0 Å². The van der Waals surface area contributed by atoms with Gasteiger partial charge in [0.1, 0.15) is 0 Å². The van der Waals surface area contributed by atoms with Gasteiger partial charge in [0.15, 0.2) is 0 Å². The van der Waals surface area contributed by atoms with Gasteiger partial charge in [0.25, 0.3) is 0 Å². The number of nitrogens with zero attached hydrogens (tertiary/aromatic N) is 1. The molecule has 0 spiro atoms. The lowest BCUT2D eigenvalue weighted by molar-refractivity contribution is -0.115. The largest absolute Gasteiger partial charge is 0.478 e. The second kappa shape index (κ2) is 7.94. The molecule has 2 N–H and O–H groups in total. The quantitative estimate of drug-likeness (QED) is 0.847. The van der Waals surface area contributed by atoms with Crippen LogP contribution in [-0.2, 0) is 17.8 Å². The summed E-state index contributed by atoms with van der Waals surface area (Å²) in [6.45, 7) is 4.58. The number of benzene rings is 2. The van der Waals surface area contributed by atoms with Gasteiger partial charge in [0.2, 0.25) is 5.91 Å². The van der Waals surface area contributed by atoms with Crippen LogP contribution in [0.15, 0.2) is 36.4 Å². The molecule has 1 amide bonds. The number of amides is 1. The Labute approximate surface area is 148 Å². The lowest BCUT2D eigenvalue weighted by Crippen LogP contribution is -2.18. The van der Waals surface area contributed by atoms with E-state index in [0.717, 1.165) is 34.5 Å². The van der Waals surface area contributed by atoms with Gasteiger partial charge in [-0.25, -0.2) is 4.79 Å². The summed E-state index contributed by atoms with van der Waals surface area (Å²) in [6, 6.07) is 10.8. The maximum Gasteiger partial charge on any atom is 0.335 e. The average Bonchev–Trinajstić information content (AvgIpc) is 2.51. The number of rotatable bonds is 6. The molecule has 0 unspecified atom stereocenters. The highest BCUT2D eigenvalue weighted by Crippen LogP contribution is 2.20. The Bertz CT molecular complexity index is 798. The molecule has 0 aliphatic carbocycles. The van der Waals surface area contributed by atoms with Crippen LogP contribution in [0.1, 0.15) is 32.6 Å². The summed E-state index contributed by atoms with van der Waals surface area (Å²) >= 11 is 0. The molecule has 25 heavy (non-hydrogen) atoms. The number of hydrogen-bond acceptors (Lipinski definition) is 3. The van der Waals surface area contributed by atoms with Crippen molar-refractivity contribution >= 4 is 17.6 Å². The number of carboxylic acid groups (broad SMARTS) is 1. The second-order valence-corrected chi connectivity index (χ2v) is 6.57. The van der Waals surface area contributed by atoms with E-state index in [2.05, 4.69) is 16.3 Å². The molecule has 0 saturated heterocycles. The first kappa shape index (κ1) is 18.7. The third-order valence-corrected chi connectivity index (χ3v) is 3.96. The molecular formula is C20H24N2O3. The van der Waals surface area contributed by atoms with Gasteiger partial charge in [-0.15, -0.1) is 0 Å². The maximum atomic E-state index is 12.4. The monoisotopic (exact) mass is 340 g/mol. The second-order valence-electron chi connectivity index (χ2n) is 6.57. The molecule has 0 saturated carbocycles. The number of nitrogens with one attached hydrogen (secondary N) is 1. The number of aromatic carboxylic acids is 1. The zero-order chi connectivity index (χ0) is 18.6. The van der Waals surface area contributed by atoms with Gasteiger partial charge < -0.3 is 15.3 Å². The zero-order valence-electron chi connectivity index (χ0n) is 15.1. The Hall–Kier alpha value is -2.66. The summed E-state index contributed by atoms with van der Waals surface area (Å²) < 4.78 is 0. The molecule has 132 valence electrons. The third kappa shape index (κ3) is 5.16. The van der Waals surface area contributed by atoms with Gasteiger partial charge in [0, 0.05) is 12.2 Å². The highest BCUT2D eigenvalue weighted by atomic mass is 16.4. The first-order chi connectivity index (χ1) is 11.8. The standard InChI is InChI=1S/C20H24N2O3/c1-13-5-8-18(17(9-13)12-22(3)4)21-19(23)11-15-6-7-16(20(24)25)10-14(15)2/h5-10H,11-12H2,1-4H3,(H,21,23)(H,24,25). The van der Waals surface area contributed by atoms with E-state index in [0.29, 0.717) is 0 Å². The fourth-order valence-electron chi connectivity index (χ4n) is 2.71. The van der Waals surface area contributed by atoms with E-state index < -0.39 is 5.97 Å². The minimum atomic E-state index is -0.966. The van der Waals surface area contributed by atoms with E-state index in [1.807, 2.05) is 40.1 Å². The fraction of sp³-hybridized carbons (Fsp3) is 0.300. The van der Waals surface area contributed by atoms with E-state index in [-0.39, 0.29) is 17.9 Å². The summed E-state index contributed by atoms with van der Waals surface area (Å²) in [5, 5.41) is 12.0. The number of carbonyl (C=O) groups excluding carboxylic acids is 1. The first-order valence-electron chi connectivity index (χ1n) is 8.13. The Morgan fingerprint density at radius 3 is 2.36 bits per heavy atom. The van der Waals surface area contributed by atoms with Crippen molar-refractivity contribution < 1.29 is 14.7 Å². The smallest absolute Gasteiger partial charge is 0.335 e. The first-order valence-corrected chi connectivity index (χ1v) is 8.13. The van der Waals surface area contributed by atoms with E-state index in [4.69, 9.17) is 5.11 Å². The molecular weight excluding hydrogens is 316 g/mol. The molecule has 0 bridgehead atoms. The van der Waals surface area contributed by atoms with Crippen LogP contribution < -0.4 is 5.32 Å². The predicted molar refractivity (Wildman–Crippen MR) is 99.0 cm³/mol.